The number of fused-ring (bicyclic) bond motifs is 1. The zero-order chi connectivity index (χ0) is 23.6. The number of benzene rings is 1. The predicted molar refractivity (Wildman–Crippen MR) is 128 cm³/mol. The highest BCUT2D eigenvalue weighted by Gasteiger charge is 2.28. The average Bonchev–Trinajstić information content (AvgIpc) is 2.72. The van der Waals surface area contributed by atoms with E-state index in [1.807, 2.05) is 27.7 Å². The van der Waals surface area contributed by atoms with E-state index >= 15 is 0 Å². The molecule has 1 aliphatic heterocycles. The van der Waals surface area contributed by atoms with Crippen LogP contribution in [0.2, 0.25) is 0 Å². The van der Waals surface area contributed by atoms with Crippen LogP contribution in [0.1, 0.15) is 50.9 Å². The van der Waals surface area contributed by atoms with E-state index in [4.69, 9.17) is 5.73 Å². The van der Waals surface area contributed by atoms with Gasteiger partial charge in [0.2, 0.25) is 5.91 Å². The molecule has 10 heteroatoms. The van der Waals surface area contributed by atoms with Crippen LogP contribution in [0.15, 0.2) is 32.7 Å². The third kappa shape index (κ3) is 4.74. The molecule has 0 fully saturated rings. The number of hydrogen-bond acceptors (Lipinski definition) is 6. The number of nitrogens with two attached hydrogens (primary N) is 1. The smallest absolute Gasteiger partial charge is 0.330 e. The van der Waals surface area contributed by atoms with Gasteiger partial charge in [0, 0.05) is 23.5 Å². The molecule has 0 saturated carbocycles. The number of thioether (sulfide) groups is 1. The number of anilines is 3. The highest BCUT2D eigenvalue weighted by molar-refractivity contribution is 8.00. The number of nitrogens with one attached hydrogen (secondary N) is 2. The largest absolute Gasteiger partial charge is 0.383 e. The molecule has 0 saturated heterocycles. The van der Waals surface area contributed by atoms with E-state index in [2.05, 4.69) is 10.3 Å². The van der Waals surface area contributed by atoms with Crippen molar-refractivity contribution < 1.29 is 9.59 Å². The van der Waals surface area contributed by atoms with Crippen molar-refractivity contribution in [2.45, 2.75) is 57.2 Å². The first-order valence-electron chi connectivity index (χ1n) is 10.7. The number of hydrogen-bond donors (Lipinski definition) is 3. The summed E-state index contributed by atoms with van der Waals surface area (Å²) in [5.74, 6) is -0.563. The standard InChI is InChI=1S/C22H29N5O4S/c1-5-6-9-26-18(23)17(20(29)25-22(26)31)27(11-12(2)3)21(30)14-7-8-16-15(10-14)24-19(28)13(4)32-16/h7-8,10,12-13H,5-6,9,11,23H2,1-4H3,(H,24,28)(H,25,29,31)/t13-/m0/s1. The van der Waals surface area contributed by atoms with Gasteiger partial charge in [0.1, 0.15) is 5.82 Å². The van der Waals surface area contributed by atoms with Crippen molar-refractivity contribution in [3.8, 4) is 0 Å². The van der Waals surface area contributed by atoms with E-state index in [1.165, 1.54) is 21.2 Å². The van der Waals surface area contributed by atoms with Gasteiger partial charge in [-0.1, -0.05) is 27.2 Å². The number of nitrogens with zero attached hydrogens (tertiary/aromatic N) is 2. The normalized spacial score (nSPS) is 15.4. The molecule has 0 aliphatic carbocycles. The number of carbonyl (C=O) groups excluding carboxylic acids is 2. The summed E-state index contributed by atoms with van der Waals surface area (Å²) in [5.41, 5.74) is 5.79. The molecule has 2 heterocycles. The molecule has 1 aliphatic rings. The van der Waals surface area contributed by atoms with Gasteiger partial charge in [0.25, 0.3) is 11.5 Å². The van der Waals surface area contributed by atoms with Gasteiger partial charge in [-0.3, -0.25) is 23.9 Å². The monoisotopic (exact) mass is 459 g/mol. The Morgan fingerprint density at radius 3 is 2.66 bits per heavy atom. The molecule has 3 rings (SSSR count). The number of rotatable bonds is 7. The van der Waals surface area contributed by atoms with Crippen LogP contribution in [0.25, 0.3) is 0 Å². The topological polar surface area (TPSA) is 130 Å². The minimum Gasteiger partial charge on any atom is -0.383 e. The van der Waals surface area contributed by atoms with Crippen LogP contribution >= 0.6 is 11.8 Å². The average molecular weight is 460 g/mol. The van der Waals surface area contributed by atoms with E-state index in [9.17, 15) is 19.2 Å². The number of unbranched alkanes of at least 4 members (excludes halogenated alkanes) is 1. The molecule has 2 amide bonds. The van der Waals surface area contributed by atoms with Gasteiger partial charge in [-0.25, -0.2) is 4.79 Å². The Balaban J connectivity index is 2.08. The SMILES string of the molecule is CCCCn1c(N)c(N(CC(C)C)C(=O)c2ccc3c(c2)NC(=O)[C@H](C)S3)c(=O)[nH]c1=O. The number of H-pyrrole nitrogens is 1. The number of carbonyl (C=O) groups is 2. The Labute approximate surface area is 190 Å². The predicted octanol–water partition coefficient (Wildman–Crippen LogP) is 2.65. The Morgan fingerprint density at radius 2 is 2.00 bits per heavy atom. The van der Waals surface area contributed by atoms with Crippen molar-refractivity contribution in [3.05, 3.63) is 44.6 Å². The zero-order valence-electron chi connectivity index (χ0n) is 18.7. The van der Waals surface area contributed by atoms with Gasteiger partial charge in [-0.2, -0.15) is 0 Å². The number of aromatic nitrogens is 2. The molecule has 9 nitrogen and oxygen atoms in total. The van der Waals surface area contributed by atoms with E-state index in [-0.39, 0.29) is 35.1 Å². The number of aromatic amines is 1. The number of amides is 2. The van der Waals surface area contributed by atoms with Gasteiger partial charge in [-0.05, 0) is 37.5 Å². The maximum atomic E-state index is 13.5. The summed E-state index contributed by atoms with van der Waals surface area (Å²) in [7, 11) is 0. The maximum absolute atomic E-state index is 13.5. The summed E-state index contributed by atoms with van der Waals surface area (Å²) >= 11 is 1.42. The molecular formula is C22H29N5O4S. The van der Waals surface area contributed by atoms with Crippen molar-refractivity contribution >= 4 is 40.8 Å². The molecule has 4 N–H and O–H groups in total. The minimum atomic E-state index is -0.704. The van der Waals surface area contributed by atoms with Gasteiger partial charge < -0.3 is 16.0 Å². The molecule has 1 aromatic heterocycles. The Morgan fingerprint density at radius 1 is 1.28 bits per heavy atom. The highest BCUT2D eigenvalue weighted by Crippen LogP contribution is 2.36. The first kappa shape index (κ1) is 23.6. The third-order valence-electron chi connectivity index (χ3n) is 5.17. The van der Waals surface area contributed by atoms with E-state index < -0.39 is 17.2 Å². The van der Waals surface area contributed by atoms with Crippen LogP contribution in [0.3, 0.4) is 0 Å². The van der Waals surface area contributed by atoms with Gasteiger partial charge in [0.05, 0.1) is 10.9 Å². The van der Waals surface area contributed by atoms with Crippen molar-refractivity contribution in [1.82, 2.24) is 9.55 Å². The Bertz CT molecular complexity index is 1150. The van der Waals surface area contributed by atoms with Gasteiger partial charge in [0.15, 0.2) is 5.69 Å². The van der Waals surface area contributed by atoms with Crippen LogP contribution in [-0.4, -0.2) is 33.2 Å². The maximum Gasteiger partial charge on any atom is 0.330 e. The molecule has 0 unspecified atom stereocenters. The third-order valence-corrected chi connectivity index (χ3v) is 6.35. The molecule has 2 aromatic rings. The lowest BCUT2D eigenvalue weighted by atomic mass is 10.1. The van der Waals surface area contributed by atoms with Gasteiger partial charge in [-0.15, -0.1) is 11.8 Å². The van der Waals surface area contributed by atoms with E-state index in [1.54, 1.807) is 18.2 Å². The van der Waals surface area contributed by atoms with Gasteiger partial charge >= 0.3 is 5.69 Å². The van der Waals surface area contributed by atoms with Crippen LogP contribution in [0.4, 0.5) is 17.2 Å². The summed E-state index contributed by atoms with van der Waals surface area (Å²) in [6.45, 7) is 8.21. The summed E-state index contributed by atoms with van der Waals surface area (Å²) in [5, 5.41) is 2.60. The fraction of sp³-hybridized carbons (Fsp3) is 0.455. The first-order chi connectivity index (χ1) is 15.1. The molecule has 1 aromatic carbocycles. The molecule has 1 atom stereocenters. The first-order valence-corrected chi connectivity index (χ1v) is 11.6. The van der Waals surface area contributed by atoms with Crippen LogP contribution in [-0.2, 0) is 11.3 Å². The highest BCUT2D eigenvalue weighted by atomic mass is 32.2. The lowest BCUT2D eigenvalue weighted by Gasteiger charge is -2.27. The summed E-state index contributed by atoms with van der Waals surface area (Å²) in [6.07, 6.45) is 1.54. The van der Waals surface area contributed by atoms with Crippen LogP contribution < -0.4 is 27.2 Å². The molecule has 0 radical (unpaired) electrons. The fourth-order valence-electron chi connectivity index (χ4n) is 3.51. The van der Waals surface area contributed by atoms with E-state index in [0.717, 1.165) is 11.3 Å². The lowest BCUT2D eigenvalue weighted by Crippen LogP contribution is -2.42. The Kier molecular flexibility index (Phi) is 7.12. The van der Waals surface area contributed by atoms with Crippen molar-refractivity contribution in [1.29, 1.82) is 0 Å². The molecule has 32 heavy (non-hydrogen) atoms. The summed E-state index contributed by atoms with van der Waals surface area (Å²) in [6, 6.07) is 5.06. The van der Waals surface area contributed by atoms with Crippen LogP contribution in [0.5, 0.6) is 0 Å². The molecule has 0 spiro atoms. The second kappa shape index (κ2) is 9.64. The molecule has 0 bridgehead atoms. The lowest BCUT2D eigenvalue weighted by molar-refractivity contribution is -0.115. The zero-order valence-corrected chi connectivity index (χ0v) is 19.5. The second-order valence-corrected chi connectivity index (χ2v) is 9.65. The van der Waals surface area contributed by atoms with Crippen molar-refractivity contribution in [3.63, 3.8) is 0 Å². The summed E-state index contributed by atoms with van der Waals surface area (Å²) < 4.78 is 1.30. The van der Waals surface area contributed by atoms with Crippen molar-refractivity contribution in [2.24, 2.45) is 5.92 Å². The number of nitrogen functional groups attached to an aromatic ring is 1. The molecular weight excluding hydrogens is 430 g/mol. The second-order valence-electron chi connectivity index (χ2n) is 8.27. The quantitative estimate of drug-likeness (QED) is 0.584. The summed E-state index contributed by atoms with van der Waals surface area (Å²) in [4.78, 5) is 55.1. The van der Waals surface area contributed by atoms with E-state index in [0.29, 0.717) is 24.2 Å². The minimum absolute atomic E-state index is 0.0301. The van der Waals surface area contributed by atoms with Crippen molar-refractivity contribution in [2.75, 3.05) is 22.5 Å². The molecule has 172 valence electrons. The fourth-order valence-corrected chi connectivity index (χ4v) is 4.45. The van der Waals surface area contributed by atoms with Crippen LogP contribution in [0, 0.1) is 5.92 Å². The Hall–Kier alpha value is -3.01.